The monoisotopic (exact) mass is 314 g/mol. The minimum absolute atomic E-state index is 0.0234. The van der Waals surface area contributed by atoms with Gasteiger partial charge in [-0.05, 0) is 24.6 Å². The van der Waals surface area contributed by atoms with Crippen LogP contribution in [0.15, 0.2) is 24.3 Å². The Kier molecular flexibility index (Phi) is 7.88. The number of benzene rings is 1. The number of likely N-dealkylation sites (N-methyl/N-ethyl adjacent to an activating group) is 1. The Morgan fingerprint density at radius 1 is 1.24 bits per heavy atom. The van der Waals surface area contributed by atoms with Crippen LogP contribution in [0.4, 0.5) is 0 Å². The molecule has 0 heterocycles. The van der Waals surface area contributed by atoms with Crippen LogP contribution in [0.25, 0.3) is 0 Å². The lowest BCUT2D eigenvalue weighted by atomic mass is 10.1. The maximum atomic E-state index is 12.3. The maximum absolute atomic E-state index is 12.3. The van der Waals surface area contributed by atoms with Gasteiger partial charge in [0, 0.05) is 26.7 Å². The summed E-state index contributed by atoms with van der Waals surface area (Å²) in [5, 5.41) is 3.24. The smallest absolute Gasteiger partial charge is 0.218 e. The van der Waals surface area contributed by atoms with Crippen molar-refractivity contribution >= 4 is 10.0 Å². The normalized spacial score (nSPS) is 12.0. The van der Waals surface area contributed by atoms with Crippen molar-refractivity contribution < 1.29 is 13.2 Å². The van der Waals surface area contributed by atoms with Gasteiger partial charge in [0.25, 0.3) is 0 Å². The molecule has 1 rings (SSSR count). The zero-order valence-electron chi connectivity index (χ0n) is 13.1. The number of rotatable bonds is 10. The molecule has 21 heavy (non-hydrogen) atoms. The first kappa shape index (κ1) is 18.1. The third kappa shape index (κ3) is 6.56. The van der Waals surface area contributed by atoms with E-state index in [4.69, 9.17) is 4.74 Å². The van der Waals surface area contributed by atoms with Crippen LogP contribution >= 0.6 is 0 Å². The lowest BCUT2D eigenvalue weighted by Gasteiger charge is -2.17. The van der Waals surface area contributed by atoms with Crippen LogP contribution in [0.5, 0.6) is 0 Å². The van der Waals surface area contributed by atoms with E-state index in [1.807, 2.05) is 38.1 Å². The van der Waals surface area contributed by atoms with Crippen LogP contribution in [0, 0.1) is 0 Å². The fourth-order valence-electron chi connectivity index (χ4n) is 1.90. The van der Waals surface area contributed by atoms with E-state index >= 15 is 0 Å². The molecule has 0 aliphatic carbocycles. The van der Waals surface area contributed by atoms with Gasteiger partial charge < -0.3 is 10.1 Å². The summed E-state index contributed by atoms with van der Waals surface area (Å²) in [6.07, 6.45) is 0. The Bertz CT molecular complexity index is 517. The van der Waals surface area contributed by atoms with Gasteiger partial charge in [0.05, 0.1) is 12.4 Å². The summed E-state index contributed by atoms with van der Waals surface area (Å²) in [6, 6.07) is 7.69. The summed E-state index contributed by atoms with van der Waals surface area (Å²) in [4.78, 5) is 0. The van der Waals surface area contributed by atoms with E-state index < -0.39 is 10.0 Å². The van der Waals surface area contributed by atoms with Gasteiger partial charge in [0.1, 0.15) is 0 Å². The SMILES string of the molecule is CCNCc1cccc(CS(=O)(=O)N(C)CCOCC)c1. The highest BCUT2D eigenvalue weighted by molar-refractivity contribution is 7.88. The Hall–Kier alpha value is -0.950. The quantitative estimate of drug-likeness (QED) is 0.666. The second kappa shape index (κ2) is 9.15. The summed E-state index contributed by atoms with van der Waals surface area (Å²) >= 11 is 0. The van der Waals surface area contributed by atoms with Crippen LogP contribution in [0.1, 0.15) is 25.0 Å². The van der Waals surface area contributed by atoms with E-state index in [2.05, 4.69) is 5.32 Å². The average molecular weight is 314 g/mol. The lowest BCUT2D eigenvalue weighted by Crippen LogP contribution is -2.31. The van der Waals surface area contributed by atoms with E-state index in [1.54, 1.807) is 7.05 Å². The fraction of sp³-hybridized carbons (Fsp3) is 0.600. The van der Waals surface area contributed by atoms with Gasteiger partial charge in [-0.2, -0.15) is 0 Å². The number of sulfonamides is 1. The van der Waals surface area contributed by atoms with Crippen LogP contribution in [0.3, 0.4) is 0 Å². The first-order chi connectivity index (χ1) is 9.99. The van der Waals surface area contributed by atoms with Gasteiger partial charge in [0.2, 0.25) is 10.0 Å². The second-order valence-electron chi connectivity index (χ2n) is 4.87. The summed E-state index contributed by atoms with van der Waals surface area (Å²) in [5.74, 6) is 0.0234. The van der Waals surface area contributed by atoms with Crippen molar-refractivity contribution in [2.75, 3.05) is 33.4 Å². The zero-order chi connectivity index (χ0) is 15.7. The molecular formula is C15H26N2O3S. The van der Waals surface area contributed by atoms with Gasteiger partial charge in [-0.3, -0.25) is 0 Å². The van der Waals surface area contributed by atoms with Crippen molar-refractivity contribution in [3.05, 3.63) is 35.4 Å². The summed E-state index contributed by atoms with van der Waals surface area (Å²) in [7, 11) is -1.70. The van der Waals surface area contributed by atoms with Gasteiger partial charge >= 0.3 is 0 Å². The molecule has 0 atom stereocenters. The van der Waals surface area contributed by atoms with Gasteiger partial charge in [0.15, 0.2) is 0 Å². The summed E-state index contributed by atoms with van der Waals surface area (Å²) in [6.45, 7) is 6.99. The van der Waals surface area contributed by atoms with Crippen molar-refractivity contribution in [2.45, 2.75) is 26.1 Å². The predicted molar refractivity (Wildman–Crippen MR) is 85.6 cm³/mol. The number of nitrogens with one attached hydrogen (secondary N) is 1. The molecule has 0 radical (unpaired) electrons. The molecule has 1 aromatic rings. The molecule has 0 fully saturated rings. The van der Waals surface area contributed by atoms with Crippen molar-refractivity contribution in [3.63, 3.8) is 0 Å². The molecule has 1 N–H and O–H groups in total. The van der Waals surface area contributed by atoms with E-state index in [0.717, 1.165) is 24.2 Å². The van der Waals surface area contributed by atoms with E-state index in [-0.39, 0.29) is 5.75 Å². The number of hydrogen-bond acceptors (Lipinski definition) is 4. The second-order valence-corrected chi connectivity index (χ2v) is 6.95. The highest BCUT2D eigenvalue weighted by atomic mass is 32.2. The molecule has 0 aliphatic rings. The molecule has 0 aromatic heterocycles. The van der Waals surface area contributed by atoms with Gasteiger partial charge in [-0.25, -0.2) is 12.7 Å². The number of nitrogens with zero attached hydrogens (tertiary/aromatic N) is 1. The van der Waals surface area contributed by atoms with Crippen LogP contribution in [-0.2, 0) is 27.1 Å². The topological polar surface area (TPSA) is 58.6 Å². The van der Waals surface area contributed by atoms with Gasteiger partial charge in [-0.1, -0.05) is 31.2 Å². The molecule has 0 unspecified atom stereocenters. The van der Waals surface area contributed by atoms with E-state index in [0.29, 0.717) is 19.8 Å². The van der Waals surface area contributed by atoms with Crippen molar-refractivity contribution in [1.29, 1.82) is 0 Å². The molecule has 0 saturated heterocycles. The highest BCUT2D eigenvalue weighted by Crippen LogP contribution is 2.12. The third-order valence-corrected chi connectivity index (χ3v) is 4.98. The fourth-order valence-corrected chi connectivity index (χ4v) is 3.07. The number of hydrogen-bond donors (Lipinski definition) is 1. The van der Waals surface area contributed by atoms with Crippen LogP contribution < -0.4 is 5.32 Å². The lowest BCUT2D eigenvalue weighted by molar-refractivity contribution is 0.138. The molecule has 0 spiro atoms. The van der Waals surface area contributed by atoms with E-state index in [9.17, 15) is 8.42 Å². The van der Waals surface area contributed by atoms with Crippen molar-refractivity contribution in [2.24, 2.45) is 0 Å². The highest BCUT2D eigenvalue weighted by Gasteiger charge is 2.18. The van der Waals surface area contributed by atoms with E-state index in [1.165, 1.54) is 4.31 Å². The maximum Gasteiger partial charge on any atom is 0.218 e. The minimum Gasteiger partial charge on any atom is -0.380 e. The Morgan fingerprint density at radius 2 is 1.95 bits per heavy atom. The molecule has 6 heteroatoms. The minimum atomic E-state index is -3.30. The molecular weight excluding hydrogens is 288 g/mol. The molecule has 0 aliphatic heterocycles. The Morgan fingerprint density at radius 3 is 2.62 bits per heavy atom. The number of ether oxygens (including phenoxy) is 1. The predicted octanol–water partition coefficient (Wildman–Crippen LogP) is 1.59. The van der Waals surface area contributed by atoms with Crippen molar-refractivity contribution in [1.82, 2.24) is 9.62 Å². The Balaban J connectivity index is 2.65. The van der Waals surface area contributed by atoms with Gasteiger partial charge in [-0.15, -0.1) is 0 Å². The summed E-state index contributed by atoms with van der Waals surface area (Å²) < 4.78 is 31.1. The van der Waals surface area contributed by atoms with Crippen LogP contribution in [0.2, 0.25) is 0 Å². The molecule has 5 nitrogen and oxygen atoms in total. The first-order valence-electron chi connectivity index (χ1n) is 7.30. The molecule has 0 saturated carbocycles. The standard InChI is InChI=1S/C15H26N2O3S/c1-4-16-12-14-7-6-8-15(11-14)13-21(18,19)17(3)9-10-20-5-2/h6-8,11,16H,4-5,9-10,12-13H2,1-3H3. The zero-order valence-corrected chi connectivity index (χ0v) is 13.9. The average Bonchev–Trinajstić information content (AvgIpc) is 2.45. The van der Waals surface area contributed by atoms with Crippen molar-refractivity contribution in [3.8, 4) is 0 Å². The Labute approximate surface area is 128 Å². The molecule has 0 amide bonds. The molecule has 1 aromatic carbocycles. The van der Waals surface area contributed by atoms with Crippen LogP contribution in [-0.4, -0.2) is 46.1 Å². The third-order valence-electron chi connectivity index (χ3n) is 3.15. The first-order valence-corrected chi connectivity index (χ1v) is 8.90. The molecule has 0 bridgehead atoms. The largest absolute Gasteiger partial charge is 0.380 e. The summed E-state index contributed by atoms with van der Waals surface area (Å²) in [5.41, 5.74) is 1.91. The molecule has 120 valence electrons.